The molecule has 0 amide bonds. The lowest BCUT2D eigenvalue weighted by Gasteiger charge is -2.18. The number of hydrogen-bond donors (Lipinski definition) is 2. The fourth-order valence-electron chi connectivity index (χ4n) is 2.49. The fraction of sp³-hybridized carbons (Fsp3) is 0.632. The molecular weight excluding hydrogens is 443 g/mol. The zero-order valence-electron chi connectivity index (χ0n) is 16.8. The van der Waals surface area contributed by atoms with Crippen LogP contribution in [0.1, 0.15) is 25.3 Å². The highest BCUT2D eigenvalue weighted by Gasteiger charge is 2.05. The third-order valence-electron chi connectivity index (χ3n) is 4.06. The summed E-state index contributed by atoms with van der Waals surface area (Å²) in [5.41, 5.74) is 1.19. The van der Waals surface area contributed by atoms with E-state index in [0.717, 1.165) is 50.1 Å². The Kier molecular flexibility index (Phi) is 14.2. The molecule has 26 heavy (non-hydrogen) atoms. The molecule has 0 fully saturated rings. The summed E-state index contributed by atoms with van der Waals surface area (Å²) in [7, 11) is 7.26. The summed E-state index contributed by atoms with van der Waals surface area (Å²) in [5.74, 6) is 2.35. The Bertz CT molecular complexity index is 526. The van der Waals surface area contributed by atoms with Crippen LogP contribution in [-0.4, -0.2) is 65.4 Å². The predicted molar refractivity (Wildman–Crippen MR) is 120 cm³/mol. The van der Waals surface area contributed by atoms with Gasteiger partial charge in [-0.05, 0) is 44.1 Å². The van der Waals surface area contributed by atoms with E-state index in [1.165, 1.54) is 18.4 Å². The number of rotatable bonds is 11. The van der Waals surface area contributed by atoms with Crippen LogP contribution in [0.25, 0.3) is 0 Å². The Morgan fingerprint density at radius 3 is 2.38 bits per heavy atom. The highest BCUT2D eigenvalue weighted by atomic mass is 127. The van der Waals surface area contributed by atoms with Crippen molar-refractivity contribution >= 4 is 29.9 Å². The highest BCUT2D eigenvalue weighted by molar-refractivity contribution is 14.0. The molecule has 1 rings (SSSR count). The quantitative estimate of drug-likeness (QED) is 0.291. The van der Waals surface area contributed by atoms with E-state index >= 15 is 0 Å². The smallest absolute Gasteiger partial charge is 0.191 e. The number of hydrogen-bond acceptors (Lipinski definition) is 4. The Morgan fingerprint density at radius 2 is 1.77 bits per heavy atom. The van der Waals surface area contributed by atoms with Crippen LogP contribution >= 0.6 is 24.0 Å². The van der Waals surface area contributed by atoms with Crippen LogP contribution in [0.3, 0.4) is 0 Å². The van der Waals surface area contributed by atoms with Crippen molar-refractivity contribution in [2.75, 3.05) is 54.5 Å². The third-order valence-corrected chi connectivity index (χ3v) is 4.06. The second kappa shape index (κ2) is 14.9. The van der Waals surface area contributed by atoms with E-state index in [1.54, 1.807) is 21.3 Å². The van der Waals surface area contributed by atoms with Crippen molar-refractivity contribution in [3.8, 4) is 11.5 Å². The van der Waals surface area contributed by atoms with Crippen molar-refractivity contribution in [3.63, 3.8) is 0 Å². The minimum atomic E-state index is 0. The molecule has 0 aromatic heterocycles. The van der Waals surface area contributed by atoms with Crippen molar-refractivity contribution < 1.29 is 9.47 Å². The minimum Gasteiger partial charge on any atom is -0.493 e. The molecule has 0 aliphatic heterocycles. The van der Waals surface area contributed by atoms with E-state index in [4.69, 9.17) is 9.47 Å². The zero-order valence-corrected chi connectivity index (χ0v) is 19.1. The predicted octanol–water partition coefficient (Wildman–Crippen LogP) is 2.76. The van der Waals surface area contributed by atoms with Gasteiger partial charge in [0.05, 0.1) is 14.2 Å². The second-order valence-corrected chi connectivity index (χ2v) is 6.02. The van der Waals surface area contributed by atoms with Gasteiger partial charge in [0, 0.05) is 26.7 Å². The Hall–Kier alpha value is -1.22. The number of methoxy groups -OCH3 is 2. The van der Waals surface area contributed by atoms with Crippen molar-refractivity contribution in [3.05, 3.63) is 23.8 Å². The maximum absolute atomic E-state index is 5.34. The van der Waals surface area contributed by atoms with Gasteiger partial charge in [0.15, 0.2) is 17.5 Å². The molecule has 150 valence electrons. The molecule has 7 heteroatoms. The number of guanidine groups is 1. The molecule has 0 atom stereocenters. The van der Waals surface area contributed by atoms with E-state index in [-0.39, 0.29) is 24.0 Å². The lowest BCUT2D eigenvalue weighted by Crippen LogP contribution is -2.41. The number of likely N-dealkylation sites (N-methyl/N-ethyl adjacent to an activating group) is 1. The molecule has 0 spiro atoms. The topological polar surface area (TPSA) is 58.1 Å². The van der Waals surface area contributed by atoms with E-state index in [2.05, 4.69) is 40.6 Å². The maximum atomic E-state index is 5.34. The van der Waals surface area contributed by atoms with Gasteiger partial charge in [0.1, 0.15) is 0 Å². The molecule has 0 saturated carbocycles. The summed E-state index contributed by atoms with van der Waals surface area (Å²) in [6, 6.07) is 6.01. The summed E-state index contributed by atoms with van der Waals surface area (Å²) in [6.07, 6.45) is 3.36. The Labute approximate surface area is 175 Å². The van der Waals surface area contributed by atoms with Crippen LogP contribution in [0, 0.1) is 0 Å². The van der Waals surface area contributed by atoms with Gasteiger partial charge >= 0.3 is 0 Å². The van der Waals surface area contributed by atoms with Gasteiger partial charge in [0.2, 0.25) is 0 Å². The normalized spacial score (nSPS) is 11.1. The summed E-state index contributed by atoms with van der Waals surface area (Å²) in [4.78, 5) is 6.61. The summed E-state index contributed by atoms with van der Waals surface area (Å²) in [6.45, 7) is 6.06. The van der Waals surface area contributed by atoms with Gasteiger partial charge in [-0.25, -0.2) is 0 Å². The van der Waals surface area contributed by atoms with Gasteiger partial charge in [0.25, 0.3) is 0 Å². The van der Waals surface area contributed by atoms with Crippen LogP contribution in [0.4, 0.5) is 0 Å². The largest absolute Gasteiger partial charge is 0.493 e. The van der Waals surface area contributed by atoms with E-state index in [0.29, 0.717) is 0 Å². The van der Waals surface area contributed by atoms with Crippen LogP contribution < -0.4 is 20.1 Å². The first-order valence-corrected chi connectivity index (χ1v) is 8.98. The van der Waals surface area contributed by atoms with Gasteiger partial charge in [-0.15, -0.1) is 24.0 Å². The van der Waals surface area contributed by atoms with Crippen LogP contribution in [-0.2, 0) is 6.42 Å². The number of unbranched alkanes of at least 4 members (excludes halogenated alkanes) is 1. The Morgan fingerprint density at radius 1 is 1.08 bits per heavy atom. The highest BCUT2D eigenvalue weighted by Crippen LogP contribution is 2.27. The lowest BCUT2D eigenvalue weighted by molar-refractivity contribution is 0.332. The number of nitrogens with one attached hydrogen (secondary N) is 2. The zero-order chi connectivity index (χ0) is 18.5. The molecule has 0 aliphatic carbocycles. The van der Waals surface area contributed by atoms with E-state index in [1.807, 2.05) is 12.1 Å². The molecule has 6 nitrogen and oxygen atoms in total. The molecule has 2 N–H and O–H groups in total. The summed E-state index contributed by atoms with van der Waals surface area (Å²) < 4.78 is 10.6. The number of halogens is 1. The average Bonchev–Trinajstić information content (AvgIpc) is 2.64. The average molecular weight is 478 g/mol. The van der Waals surface area contributed by atoms with Crippen LogP contribution in [0.5, 0.6) is 11.5 Å². The number of nitrogens with zero attached hydrogens (tertiary/aromatic N) is 2. The second-order valence-electron chi connectivity index (χ2n) is 6.02. The SMILES string of the molecule is CCCCN(C)CCNC(=NC)NCCc1ccc(OC)c(OC)c1.I. The molecule has 1 aromatic carbocycles. The molecule has 0 radical (unpaired) electrons. The van der Waals surface area contributed by atoms with Crippen LogP contribution in [0.2, 0.25) is 0 Å². The summed E-state index contributed by atoms with van der Waals surface area (Å²) in [5, 5.41) is 6.71. The monoisotopic (exact) mass is 478 g/mol. The van der Waals surface area contributed by atoms with Crippen molar-refractivity contribution in [2.24, 2.45) is 4.99 Å². The molecule has 0 unspecified atom stereocenters. The molecule has 0 aliphatic rings. The van der Waals surface area contributed by atoms with Crippen LogP contribution in [0.15, 0.2) is 23.2 Å². The number of aliphatic imine (C=N–C) groups is 1. The first-order chi connectivity index (χ1) is 12.1. The lowest BCUT2D eigenvalue weighted by atomic mass is 10.1. The van der Waals surface area contributed by atoms with Gasteiger partial charge in [-0.2, -0.15) is 0 Å². The van der Waals surface area contributed by atoms with Gasteiger partial charge in [-0.1, -0.05) is 19.4 Å². The van der Waals surface area contributed by atoms with Crippen molar-refractivity contribution in [1.82, 2.24) is 15.5 Å². The Balaban J connectivity index is 0.00000625. The number of benzene rings is 1. The summed E-state index contributed by atoms with van der Waals surface area (Å²) >= 11 is 0. The fourth-order valence-corrected chi connectivity index (χ4v) is 2.49. The first-order valence-electron chi connectivity index (χ1n) is 8.98. The van der Waals surface area contributed by atoms with Gasteiger partial charge < -0.3 is 25.0 Å². The maximum Gasteiger partial charge on any atom is 0.191 e. The molecule has 1 aromatic rings. The van der Waals surface area contributed by atoms with Crippen molar-refractivity contribution in [1.29, 1.82) is 0 Å². The van der Waals surface area contributed by atoms with E-state index in [9.17, 15) is 0 Å². The molecular formula is C19H35IN4O2. The molecule has 0 heterocycles. The number of ether oxygens (including phenoxy) is 2. The first kappa shape index (κ1) is 24.8. The molecule has 0 bridgehead atoms. The molecule has 0 saturated heterocycles. The van der Waals surface area contributed by atoms with Gasteiger partial charge in [-0.3, -0.25) is 4.99 Å². The van der Waals surface area contributed by atoms with Crippen molar-refractivity contribution in [2.45, 2.75) is 26.2 Å². The van der Waals surface area contributed by atoms with E-state index < -0.39 is 0 Å². The minimum absolute atomic E-state index is 0. The standard InChI is InChI=1S/C19H34N4O2.HI/c1-6-7-13-23(3)14-12-22-19(20-2)21-11-10-16-8-9-17(24-4)18(15-16)25-5;/h8-9,15H,6-7,10-14H2,1-5H3,(H2,20,21,22);1H. The third kappa shape index (κ3) is 9.47.